The summed E-state index contributed by atoms with van der Waals surface area (Å²) < 4.78 is 13.1. The van der Waals surface area contributed by atoms with E-state index in [4.69, 9.17) is 13.8 Å². The van der Waals surface area contributed by atoms with Gasteiger partial charge in [0, 0.05) is 33.8 Å². The first-order chi connectivity index (χ1) is 28.2. The predicted molar refractivity (Wildman–Crippen MR) is 235 cm³/mol. The normalized spacial score (nSPS) is 11.5. The minimum atomic E-state index is 0.592. The fourth-order valence-electron chi connectivity index (χ4n) is 8.17. The van der Waals surface area contributed by atoms with Crippen LogP contribution < -0.4 is 4.90 Å². The molecular weight excluding hydrogens is 697 g/mol. The zero-order chi connectivity index (χ0) is 37.7. The number of para-hydroxylation sites is 1. The fourth-order valence-corrected chi connectivity index (χ4v) is 8.17. The number of nitrogens with zero attached hydrogens (tertiary/aromatic N) is 2. The minimum Gasteiger partial charge on any atom is -0.454 e. The zero-order valence-electron chi connectivity index (χ0n) is 30.8. The molecule has 0 fully saturated rings. The maximum absolute atomic E-state index is 6.85. The van der Waals surface area contributed by atoms with E-state index >= 15 is 0 Å². The first-order valence-electron chi connectivity index (χ1n) is 19.2. The predicted octanol–water partition coefficient (Wildman–Crippen LogP) is 15.0. The van der Waals surface area contributed by atoms with Crippen LogP contribution in [0.5, 0.6) is 0 Å². The molecule has 0 saturated carbocycles. The number of fused-ring (bicyclic) bond motifs is 5. The van der Waals surface area contributed by atoms with Crippen molar-refractivity contribution >= 4 is 60.9 Å². The second-order valence-electron chi connectivity index (χ2n) is 14.3. The highest BCUT2D eigenvalue weighted by Gasteiger charge is 2.22. The Morgan fingerprint density at radius 1 is 0.368 bits per heavy atom. The molecule has 9 aromatic carbocycles. The first kappa shape index (κ1) is 32.7. The van der Waals surface area contributed by atoms with E-state index < -0.39 is 0 Å². The molecule has 4 heteroatoms. The SMILES string of the molecule is c1ccc(-c2ccc(N(c3ccc(-c4cccc5ccccc45)c(-c4ccccc4)c3)c3cccc4c3oc3cc5oc(-c6ccccc6)nc5cc34)cc2)cc1. The molecule has 0 bridgehead atoms. The molecule has 2 heterocycles. The number of hydrogen-bond acceptors (Lipinski definition) is 4. The summed E-state index contributed by atoms with van der Waals surface area (Å²) >= 11 is 0. The average Bonchev–Trinajstić information content (AvgIpc) is 3.88. The van der Waals surface area contributed by atoms with Crippen LogP contribution in [0.2, 0.25) is 0 Å². The van der Waals surface area contributed by atoms with Gasteiger partial charge in [-0.25, -0.2) is 4.98 Å². The van der Waals surface area contributed by atoms with Gasteiger partial charge in [-0.2, -0.15) is 0 Å². The summed E-state index contributed by atoms with van der Waals surface area (Å²) in [5, 5.41) is 4.44. The van der Waals surface area contributed by atoms with E-state index in [1.54, 1.807) is 0 Å². The van der Waals surface area contributed by atoms with Gasteiger partial charge in [-0.1, -0.05) is 152 Å². The van der Waals surface area contributed by atoms with Gasteiger partial charge in [0.05, 0.1) is 5.69 Å². The Bertz CT molecular complexity index is 3220. The van der Waals surface area contributed by atoms with Gasteiger partial charge in [-0.05, 0) is 92.7 Å². The number of anilines is 3. The van der Waals surface area contributed by atoms with Crippen LogP contribution in [0, 0.1) is 0 Å². The molecule has 2 aromatic heterocycles. The number of hydrogen-bond donors (Lipinski definition) is 0. The highest BCUT2D eigenvalue weighted by atomic mass is 16.4. The van der Waals surface area contributed by atoms with Gasteiger partial charge in [-0.15, -0.1) is 0 Å². The lowest BCUT2D eigenvalue weighted by molar-refractivity contribution is 0.617. The molecular formula is C53H34N2O2. The Balaban J connectivity index is 1.12. The molecule has 0 radical (unpaired) electrons. The lowest BCUT2D eigenvalue weighted by Crippen LogP contribution is -2.10. The Morgan fingerprint density at radius 3 is 1.79 bits per heavy atom. The third kappa shape index (κ3) is 5.74. The molecule has 0 aliphatic carbocycles. The van der Waals surface area contributed by atoms with Gasteiger partial charge in [0.25, 0.3) is 0 Å². The lowest BCUT2D eigenvalue weighted by Gasteiger charge is -2.27. The molecule has 0 saturated heterocycles. The summed E-state index contributed by atoms with van der Waals surface area (Å²) in [6.45, 7) is 0. The van der Waals surface area contributed by atoms with Crippen molar-refractivity contribution in [3.05, 3.63) is 206 Å². The minimum absolute atomic E-state index is 0.592. The van der Waals surface area contributed by atoms with E-state index in [0.29, 0.717) is 11.5 Å². The molecule has 4 nitrogen and oxygen atoms in total. The van der Waals surface area contributed by atoms with Crippen LogP contribution in [-0.2, 0) is 0 Å². The molecule has 11 aromatic rings. The Labute approximate surface area is 329 Å². The van der Waals surface area contributed by atoms with Crippen LogP contribution in [0.4, 0.5) is 17.1 Å². The van der Waals surface area contributed by atoms with Crippen LogP contribution in [0.15, 0.2) is 215 Å². The van der Waals surface area contributed by atoms with Gasteiger partial charge < -0.3 is 13.7 Å². The molecule has 0 spiro atoms. The molecule has 0 aliphatic rings. The number of oxazole rings is 1. The number of rotatable bonds is 7. The van der Waals surface area contributed by atoms with E-state index in [-0.39, 0.29) is 0 Å². The van der Waals surface area contributed by atoms with Crippen molar-refractivity contribution in [2.45, 2.75) is 0 Å². The molecule has 0 amide bonds. The average molecular weight is 731 g/mol. The second-order valence-corrected chi connectivity index (χ2v) is 14.3. The highest BCUT2D eigenvalue weighted by molar-refractivity contribution is 6.13. The highest BCUT2D eigenvalue weighted by Crippen LogP contribution is 2.46. The van der Waals surface area contributed by atoms with Gasteiger partial charge in [-0.3, -0.25) is 0 Å². The van der Waals surface area contributed by atoms with Crippen molar-refractivity contribution in [2.24, 2.45) is 0 Å². The van der Waals surface area contributed by atoms with Crippen molar-refractivity contribution in [1.82, 2.24) is 4.98 Å². The van der Waals surface area contributed by atoms with Gasteiger partial charge in [0.15, 0.2) is 11.2 Å². The third-order valence-corrected chi connectivity index (χ3v) is 10.9. The van der Waals surface area contributed by atoms with Crippen LogP contribution in [0.1, 0.15) is 0 Å². The summed E-state index contributed by atoms with van der Waals surface area (Å²) in [6.07, 6.45) is 0. The van der Waals surface area contributed by atoms with E-state index in [1.807, 2.05) is 36.4 Å². The fraction of sp³-hybridized carbons (Fsp3) is 0. The van der Waals surface area contributed by atoms with Gasteiger partial charge in [0.2, 0.25) is 5.89 Å². The molecule has 11 rings (SSSR count). The quantitative estimate of drug-likeness (QED) is 0.164. The topological polar surface area (TPSA) is 42.4 Å². The van der Waals surface area contributed by atoms with E-state index in [0.717, 1.165) is 66.8 Å². The van der Waals surface area contributed by atoms with Gasteiger partial charge >= 0.3 is 0 Å². The Hall–Kier alpha value is -7.69. The maximum atomic E-state index is 6.85. The second kappa shape index (κ2) is 13.6. The number of benzene rings is 9. The Kier molecular flexibility index (Phi) is 7.78. The largest absolute Gasteiger partial charge is 0.454 e. The van der Waals surface area contributed by atoms with E-state index in [1.165, 1.54) is 27.5 Å². The molecule has 57 heavy (non-hydrogen) atoms. The number of aromatic nitrogens is 1. The standard InChI is InChI=1S/C53H34N2O2/c1-4-14-35(15-5-1)36-26-28-40(29-27-36)55(41-30-31-44(46(32-41)38-16-6-2-7-17-38)43-23-12-21-37-18-10-11-22-42(37)43)49-25-13-24-45-47-33-48-51(34-50(47)56-52(45)49)57-53(54-48)39-19-8-3-9-20-39/h1-34H. The third-order valence-electron chi connectivity index (χ3n) is 10.9. The van der Waals surface area contributed by atoms with Crippen molar-refractivity contribution in [2.75, 3.05) is 4.90 Å². The zero-order valence-corrected chi connectivity index (χ0v) is 30.8. The van der Waals surface area contributed by atoms with Crippen LogP contribution in [0.3, 0.4) is 0 Å². The van der Waals surface area contributed by atoms with E-state index in [9.17, 15) is 0 Å². The molecule has 0 atom stereocenters. The van der Waals surface area contributed by atoms with Crippen LogP contribution >= 0.6 is 0 Å². The first-order valence-corrected chi connectivity index (χ1v) is 19.2. The summed E-state index contributed by atoms with van der Waals surface area (Å²) in [6, 6.07) is 72.4. The summed E-state index contributed by atoms with van der Waals surface area (Å²) in [5.41, 5.74) is 13.9. The van der Waals surface area contributed by atoms with E-state index in [2.05, 4.69) is 175 Å². The molecule has 0 unspecified atom stereocenters. The van der Waals surface area contributed by atoms with Crippen molar-refractivity contribution in [3.8, 4) is 44.8 Å². The summed E-state index contributed by atoms with van der Waals surface area (Å²) in [5.74, 6) is 0.592. The van der Waals surface area contributed by atoms with Crippen molar-refractivity contribution in [1.29, 1.82) is 0 Å². The summed E-state index contributed by atoms with van der Waals surface area (Å²) in [4.78, 5) is 7.19. The summed E-state index contributed by atoms with van der Waals surface area (Å²) in [7, 11) is 0. The van der Waals surface area contributed by atoms with Gasteiger partial charge in [0.1, 0.15) is 11.1 Å². The molecule has 0 aliphatic heterocycles. The van der Waals surface area contributed by atoms with Crippen LogP contribution in [-0.4, -0.2) is 4.98 Å². The Morgan fingerprint density at radius 2 is 1.00 bits per heavy atom. The van der Waals surface area contributed by atoms with Crippen molar-refractivity contribution in [3.63, 3.8) is 0 Å². The maximum Gasteiger partial charge on any atom is 0.227 e. The number of furan rings is 1. The smallest absolute Gasteiger partial charge is 0.227 e. The molecule has 0 N–H and O–H groups in total. The monoisotopic (exact) mass is 730 g/mol. The lowest BCUT2D eigenvalue weighted by atomic mass is 9.90. The van der Waals surface area contributed by atoms with Crippen molar-refractivity contribution < 1.29 is 8.83 Å². The molecule has 268 valence electrons. The van der Waals surface area contributed by atoms with Crippen LogP contribution in [0.25, 0.3) is 88.6 Å².